The monoisotopic (exact) mass is 318 g/mol. The van der Waals surface area contributed by atoms with Crippen LogP contribution in [0.1, 0.15) is 33.4 Å². The number of nitrogens with one attached hydrogen (secondary N) is 2. The van der Waals surface area contributed by atoms with Gasteiger partial charge in [-0.05, 0) is 36.9 Å². The molecule has 116 valence electrons. The van der Waals surface area contributed by atoms with E-state index in [1.54, 1.807) is 36.0 Å². The van der Waals surface area contributed by atoms with Gasteiger partial charge < -0.3 is 16.4 Å². The molecule has 0 saturated carbocycles. The van der Waals surface area contributed by atoms with Crippen molar-refractivity contribution in [2.75, 3.05) is 11.9 Å². The van der Waals surface area contributed by atoms with Gasteiger partial charge in [-0.3, -0.25) is 14.6 Å². The zero-order valence-corrected chi connectivity index (χ0v) is 13.0. The Balaban J connectivity index is 2.00. The maximum atomic E-state index is 12.1. The zero-order valence-electron chi connectivity index (χ0n) is 12.2. The van der Waals surface area contributed by atoms with E-state index in [0.29, 0.717) is 29.1 Å². The number of anilines is 1. The quantitative estimate of drug-likeness (QED) is 0.757. The Morgan fingerprint density at radius 2 is 2.00 bits per heavy atom. The van der Waals surface area contributed by atoms with Gasteiger partial charge in [0, 0.05) is 30.5 Å². The van der Waals surface area contributed by atoms with Crippen LogP contribution in [0.25, 0.3) is 0 Å². The molecule has 4 N–H and O–H groups in total. The first kappa shape index (κ1) is 16.1. The van der Waals surface area contributed by atoms with E-state index in [9.17, 15) is 9.59 Å². The Morgan fingerprint density at radius 1 is 1.27 bits per heavy atom. The summed E-state index contributed by atoms with van der Waals surface area (Å²) in [6, 6.07) is 4.98. The van der Waals surface area contributed by atoms with E-state index in [4.69, 9.17) is 5.73 Å². The van der Waals surface area contributed by atoms with Gasteiger partial charge in [0.05, 0.1) is 5.69 Å². The normalized spacial score (nSPS) is 11.7. The lowest BCUT2D eigenvalue weighted by atomic mass is 10.2. The Morgan fingerprint density at radius 3 is 2.68 bits per heavy atom. The number of nitrogens with two attached hydrogens (primary N) is 1. The number of aromatic nitrogens is 1. The Bertz CT molecular complexity index is 640. The summed E-state index contributed by atoms with van der Waals surface area (Å²) in [6.45, 7) is 2.39. The highest BCUT2D eigenvalue weighted by atomic mass is 32.1. The number of pyridine rings is 1. The molecule has 0 aliphatic heterocycles. The molecule has 0 fully saturated rings. The van der Waals surface area contributed by atoms with Gasteiger partial charge >= 0.3 is 0 Å². The van der Waals surface area contributed by atoms with E-state index in [2.05, 4.69) is 15.6 Å². The number of carbonyl (C=O) groups is 2. The van der Waals surface area contributed by atoms with Gasteiger partial charge in [-0.1, -0.05) is 0 Å². The van der Waals surface area contributed by atoms with Crippen molar-refractivity contribution in [3.8, 4) is 0 Å². The molecule has 2 heterocycles. The van der Waals surface area contributed by atoms with Crippen LogP contribution in [0.5, 0.6) is 0 Å². The number of amides is 2. The van der Waals surface area contributed by atoms with Crippen molar-refractivity contribution in [2.24, 2.45) is 5.73 Å². The third-order valence-corrected chi connectivity index (χ3v) is 3.86. The predicted molar refractivity (Wildman–Crippen MR) is 87.1 cm³/mol. The largest absolute Gasteiger partial charge is 0.351 e. The minimum atomic E-state index is -0.273. The summed E-state index contributed by atoms with van der Waals surface area (Å²) in [6.07, 6.45) is 3.80. The minimum absolute atomic E-state index is 0.0366. The molecule has 0 spiro atoms. The van der Waals surface area contributed by atoms with Crippen molar-refractivity contribution in [1.29, 1.82) is 0 Å². The molecule has 1 unspecified atom stereocenters. The van der Waals surface area contributed by atoms with E-state index >= 15 is 0 Å². The molecule has 0 aromatic carbocycles. The number of nitrogens with zero attached hydrogens (tertiary/aromatic N) is 1. The molecule has 2 rings (SSSR count). The molecular weight excluding hydrogens is 300 g/mol. The highest BCUT2D eigenvalue weighted by Gasteiger charge is 2.15. The van der Waals surface area contributed by atoms with Crippen LogP contribution in [0.15, 0.2) is 36.0 Å². The molecule has 0 aliphatic carbocycles. The smallest absolute Gasteiger partial charge is 0.263 e. The molecule has 6 nitrogen and oxygen atoms in total. The molecule has 2 amide bonds. The van der Waals surface area contributed by atoms with Gasteiger partial charge in [0.15, 0.2) is 0 Å². The molecule has 0 saturated heterocycles. The number of rotatable bonds is 6. The molecule has 0 aliphatic rings. The van der Waals surface area contributed by atoms with Crippen LogP contribution in [0.4, 0.5) is 5.69 Å². The van der Waals surface area contributed by atoms with E-state index in [1.807, 2.05) is 6.92 Å². The molecule has 2 aromatic heterocycles. The molecule has 0 radical (unpaired) electrons. The maximum Gasteiger partial charge on any atom is 0.263 e. The van der Waals surface area contributed by atoms with Crippen molar-refractivity contribution in [3.05, 3.63) is 46.4 Å². The lowest BCUT2D eigenvalue weighted by Gasteiger charge is -2.09. The van der Waals surface area contributed by atoms with E-state index in [-0.39, 0.29) is 17.9 Å². The van der Waals surface area contributed by atoms with Gasteiger partial charge in [0.2, 0.25) is 0 Å². The van der Waals surface area contributed by atoms with Crippen molar-refractivity contribution in [3.63, 3.8) is 0 Å². The highest BCUT2D eigenvalue weighted by Crippen LogP contribution is 2.22. The number of carbonyl (C=O) groups excluding carboxylic acids is 2. The van der Waals surface area contributed by atoms with Gasteiger partial charge in [0.25, 0.3) is 11.8 Å². The van der Waals surface area contributed by atoms with Crippen molar-refractivity contribution in [1.82, 2.24) is 10.3 Å². The number of hydrogen-bond donors (Lipinski definition) is 3. The molecule has 1 atom stereocenters. The fourth-order valence-corrected chi connectivity index (χ4v) is 2.54. The first-order valence-electron chi connectivity index (χ1n) is 6.90. The van der Waals surface area contributed by atoms with E-state index in [1.165, 1.54) is 11.3 Å². The van der Waals surface area contributed by atoms with Gasteiger partial charge in [-0.15, -0.1) is 11.3 Å². The van der Waals surface area contributed by atoms with Crippen molar-refractivity contribution in [2.45, 2.75) is 19.4 Å². The van der Waals surface area contributed by atoms with Crippen LogP contribution >= 0.6 is 11.3 Å². The first-order valence-corrected chi connectivity index (χ1v) is 7.78. The highest BCUT2D eigenvalue weighted by molar-refractivity contribution is 7.12. The molecule has 0 bridgehead atoms. The summed E-state index contributed by atoms with van der Waals surface area (Å²) in [5.41, 5.74) is 6.64. The third kappa shape index (κ3) is 4.37. The second-order valence-corrected chi connectivity index (χ2v) is 5.79. The topological polar surface area (TPSA) is 97.1 Å². The molecule has 7 heteroatoms. The maximum absolute atomic E-state index is 12.1. The summed E-state index contributed by atoms with van der Waals surface area (Å²) in [7, 11) is 0. The predicted octanol–water partition coefficient (Wildman–Crippen LogP) is 1.86. The van der Waals surface area contributed by atoms with E-state index < -0.39 is 0 Å². The second-order valence-electron chi connectivity index (χ2n) is 4.88. The fourth-order valence-electron chi connectivity index (χ4n) is 1.77. The fraction of sp³-hybridized carbons (Fsp3) is 0.267. The first-order chi connectivity index (χ1) is 10.6. The van der Waals surface area contributed by atoms with Crippen LogP contribution in [0.2, 0.25) is 0 Å². The molecular formula is C15H18N4O2S. The SMILES string of the molecule is CC(N)CCNC(=O)c1sccc1NC(=O)c1ccncc1. The summed E-state index contributed by atoms with van der Waals surface area (Å²) >= 11 is 1.28. The van der Waals surface area contributed by atoms with Gasteiger partial charge in [-0.2, -0.15) is 0 Å². The minimum Gasteiger partial charge on any atom is -0.351 e. The Kier molecular flexibility index (Phi) is 5.62. The molecule has 22 heavy (non-hydrogen) atoms. The lowest BCUT2D eigenvalue weighted by Crippen LogP contribution is -2.29. The second kappa shape index (κ2) is 7.67. The summed E-state index contributed by atoms with van der Waals surface area (Å²) in [5, 5.41) is 7.31. The Hall–Kier alpha value is -2.25. The molecule has 2 aromatic rings. The van der Waals surface area contributed by atoms with Crippen LogP contribution in [-0.2, 0) is 0 Å². The van der Waals surface area contributed by atoms with Crippen molar-refractivity contribution < 1.29 is 9.59 Å². The summed E-state index contributed by atoms with van der Waals surface area (Å²) in [5.74, 6) is -0.480. The summed E-state index contributed by atoms with van der Waals surface area (Å²) in [4.78, 5) is 28.6. The average Bonchev–Trinajstić information content (AvgIpc) is 2.96. The lowest BCUT2D eigenvalue weighted by molar-refractivity contribution is 0.0957. The van der Waals surface area contributed by atoms with Gasteiger partial charge in [0.1, 0.15) is 4.88 Å². The standard InChI is InChI=1S/C15H18N4O2S/c1-10(16)2-8-18-15(21)13-12(5-9-22-13)19-14(20)11-3-6-17-7-4-11/h3-7,9-10H,2,8,16H2,1H3,(H,18,21)(H,19,20). The van der Waals surface area contributed by atoms with Crippen LogP contribution < -0.4 is 16.4 Å². The van der Waals surface area contributed by atoms with Crippen molar-refractivity contribution >= 4 is 28.8 Å². The number of hydrogen-bond acceptors (Lipinski definition) is 5. The van der Waals surface area contributed by atoms with Crippen LogP contribution in [-0.4, -0.2) is 29.4 Å². The van der Waals surface area contributed by atoms with E-state index in [0.717, 1.165) is 0 Å². The van der Waals surface area contributed by atoms with Crippen LogP contribution in [0.3, 0.4) is 0 Å². The third-order valence-electron chi connectivity index (χ3n) is 2.95. The average molecular weight is 318 g/mol. The van der Waals surface area contributed by atoms with Gasteiger partial charge in [-0.25, -0.2) is 0 Å². The Labute approximate surface area is 132 Å². The zero-order chi connectivity index (χ0) is 15.9. The number of thiophene rings is 1. The summed E-state index contributed by atoms with van der Waals surface area (Å²) < 4.78 is 0. The van der Waals surface area contributed by atoms with Crippen LogP contribution in [0, 0.1) is 0 Å².